The maximum atomic E-state index is 13.2. The molecule has 0 radical (unpaired) electrons. The van der Waals surface area contributed by atoms with Gasteiger partial charge in [0.15, 0.2) is 6.10 Å². The molecule has 0 saturated heterocycles. The van der Waals surface area contributed by atoms with Crippen LogP contribution in [0.1, 0.15) is 36.5 Å². The van der Waals surface area contributed by atoms with Crippen LogP contribution < -0.4 is 4.74 Å². The maximum Gasteiger partial charge on any atom is 0.410 e. The van der Waals surface area contributed by atoms with Crippen molar-refractivity contribution in [1.29, 1.82) is 0 Å². The average Bonchev–Trinajstić information content (AvgIpc) is 2.99. The Morgan fingerprint density at radius 3 is 1.98 bits per heavy atom. The number of rotatable bonds is 18. The van der Waals surface area contributed by atoms with Crippen molar-refractivity contribution in [3.8, 4) is 5.75 Å². The number of carboxylic acid groups (broad SMARTS) is 1. The van der Waals surface area contributed by atoms with Crippen LogP contribution in [0.15, 0.2) is 72.8 Å². The predicted octanol–water partition coefficient (Wildman–Crippen LogP) is 6.01. The Kier molecular flexibility index (Phi) is 13.7. The second-order valence-electron chi connectivity index (χ2n) is 9.53. The highest BCUT2D eigenvalue weighted by Crippen LogP contribution is 2.15. The Morgan fingerprint density at radius 1 is 0.786 bits per heavy atom. The Hall–Kier alpha value is -4.02. The topological polar surface area (TPSA) is 94.5 Å². The minimum atomic E-state index is -1.01. The van der Waals surface area contributed by atoms with Crippen LogP contribution in [0, 0.1) is 11.6 Å². The van der Waals surface area contributed by atoms with Gasteiger partial charge in [0.25, 0.3) is 0 Å². The van der Waals surface area contributed by atoms with Crippen molar-refractivity contribution < 1.29 is 42.4 Å². The number of carbonyl (C=O) groups excluding carboxylic acids is 1. The quantitative estimate of drug-likeness (QED) is 0.183. The van der Waals surface area contributed by atoms with Crippen LogP contribution in [-0.4, -0.2) is 61.1 Å². The van der Waals surface area contributed by atoms with Crippen molar-refractivity contribution in [2.75, 3.05) is 32.9 Å². The molecular formula is C32H37F2NO7. The zero-order valence-electron chi connectivity index (χ0n) is 23.7. The van der Waals surface area contributed by atoms with E-state index in [0.29, 0.717) is 50.5 Å². The summed E-state index contributed by atoms with van der Waals surface area (Å²) in [5, 5.41) is 9.28. The number of unbranched alkanes of at least 4 members (excludes halogenated alkanes) is 1. The lowest BCUT2D eigenvalue weighted by molar-refractivity contribution is -0.149. The fourth-order valence-electron chi connectivity index (χ4n) is 4.02. The second-order valence-corrected chi connectivity index (χ2v) is 9.53. The third-order valence-corrected chi connectivity index (χ3v) is 6.30. The summed E-state index contributed by atoms with van der Waals surface area (Å²) in [6.07, 6.45) is 0.175. The summed E-state index contributed by atoms with van der Waals surface area (Å²) in [5.74, 6) is -1.09. The Balaban J connectivity index is 1.47. The normalized spacial score (nSPS) is 11.6. The summed E-state index contributed by atoms with van der Waals surface area (Å²) in [5.41, 5.74) is 2.35. The lowest BCUT2D eigenvalue weighted by Gasteiger charge is -2.22. The van der Waals surface area contributed by atoms with Gasteiger partial charge in [-0.1, -0.05) is 36.4 Å². The Morgan fingerprint density at radius 2 is 1.38 bits per heavy atom. The van der Waals surface area contributed by atoms with Crippen molar-refractivity contribution in [3.63, 3.8) is 0 Å². The van der Waals surface area contributed by atoms with Gasteiger partial charge in [-0.25, -0.2) is 18.4 Å². The van der Waals surface area contributed by atoms with E-state index in [-0.39, 0.29) is 37.8 Å². The van der Waals surface area contributed by atoms with Gasteiger partial charge >= 0.3 is 12.1 Å². The monoisotopic (exact) mass is 585 g/mol. The molecule has 1 amide bonds. The van der Waals surface area contributed by atoms with Crippen LogP contribution in [0.3, 0.4) is 0 Å². The molecular weight excluding hydrogens is 548 g/mol. The maximum absolute atomic E-state index is 13.2. The van der Waals surface area contributed by atoms with Crippen molar-refractivity contribution in [2.45, 2.75) is 45.5 Å². The van der Waals surface area contributed by atoms with Crippen molar-refractivity contribution >= 4 is 12.1 Å². The number of carboxylic acids is 1. The molecule has 1 unspecified atom stereocenters. The second kappa shape index (κ2) is 17.7. The SMILES string of the molecule is CCOC(Cc1ccc(OCCN(CCCCOCc2ccc(F)cc2)C(=O)OCc2ccc(F)cc2)cc1)C(=O)O. The number of hydrogen-bond acceptors (Lipinski definition) is 6. The Bertz CT molecular complexity index is 1220. The smallest absolute Gasteiger partial charge is 0.410 e. The first-order chi connectivity index (χ1) is 20.3. The van der Waals surface area contributed by atoms with Gasteiger partial charge in [-0.2, -0.15) is 0 Å². The van der Waals surface area contributed by atoms with Gasteiger partial charge in [0, 0.05) is 26.2 Å². The molecule has 8 nitrogen and oxygen atoms in total. The van der Waals surface area contributed by atoms with Gasteiger partial charge in [0.1, 0.15) is 30.6 Å². The number of nitrogens with zero attached hydrogens (tertiary/aromatic N) is 1. The zero-order valence-corrected chi connectivity index (χ0v) is 23.7. The minimum Gasteiger partial charge on any atom is -0.492 e. The lowest BCUT2D eigenvalue weighted by atomic mass is 10.1. The molecule has 0 saturated carbocycles. The highest BCUT2D eigenvalue weighted by Gasteiger charge is 2.18. The van der Waals surface area contributed by atoms with Gasteiger partial charge in [0.05, 0.1) is 13.2 Å². The molecule has 10 heteroatoms. The molecule has 0 fully saturated rings. The number of aliphatic carboxylic acids is 1. The minimum absolute atomic E-state index is 0.0117. The third-order valence-electron chi connectivity index (χ3n) is 6.30. The molecule has 0 aliphatic heterocycles. The number of ether oxygens (including phenoxy) is 4. The van der Waals surface area contributed by atoms with Gasteiger partial charge in [-0.05, 0) is 72.9 Å². The number of halogens is 2. The molecule has 1 atom stereocenters. The zero-order chi connectivity index (χ0) is 30.2. The van der Waals surface area contributed by atoms with E-state index < -0.39 is 18.2 Å². The highest BCUT2D eigenvalue weighted by molar-refractivity contribution is 5.72. The highest BCUT2D eigenvalue weighted by atomic mass is 19.1. The van der Waals surface area contributed by atoms with E-state index in [9.17, 15) is 23.5 Å². The predicted molar refractivity (Wildman–Crippen MR) is 152 cm³/mol. The van der Waals surface area contributed by atoms with Gasteiger partial charge in [0.2, 0.25) is 0 Å². The summed E-state index contributed by atoms with van der Waals surface area (Å²) in [6, 6.07) is 18.9. The molecule has 3 rings (SSSR count). The molecule has 0 bridgehead atoms. The Labute approximate surface area is 244 Å². The van der Waals surface area contributed by atoms with Crippen molar-refractivity contribution in [1.82, 2.24) is 4.90 Å². The van der Waals surface area contributed by atoms with Gasteiger partial charge < -0.3 is 29.0 Å². The summed E-state index contributed by atoms with van der Waals surface area (Å²) in [6.45, 7) is 3.82. The van der Waals surface area contributed by atoms with Crippen LogP contribution >= 0.6 is 0 Å². The summed E-state index contributed by atoms with van der Waals surface area (Å²) in [7, 11) is 0. The molecule has 1 N–H and O–H groups in total. The first-order valence-corrected chi connectivity index (χ1v) is 13.9. The van der Waals surface area contributed by atoms with Gasteiger partial charge in [-0.3, -0.25) is 0 Å². The van der Waals surface area contributed by atoms with Crippen LogP contribution in [0.5, 0.6) is 5.75 Å². The van der Waals surface area contributed by atoms with E-state index in [2.05, 4.69) is 0 Å². The molecule has 42 heavy (non-hydrogen) atoms. The van der Waals surface area contributed by atoms with Gasteiger partial charge in [-0.15, -0.1) is 0 Å². The first-order valence-electron chi connectivity index (χ1n) is 13.9. The summed E-state index contributed by atoms with van der Waals surface area (Å²) in [4.78, 5) is 25.8. The van der Waals surface area contributed by atoms with Crippen LogP contribution in [-0.2, 0) is 38.6 Å². The first kappa shape index (κ1) is 32.5. The number of hydrogen-bond donors (Lipinski definition) is 1. The molecule has 3 aromatic carbocycles. The standard InChI is InChI=1S/C32H37F2NO7/c1-2-40-30(31(36)37)21-24-9-15-29(16-10-24)41-20-18-35(32(38)42-23-26-7-13-28(34)14-8-26)17-3-4-19-39-22-25-5-11-27(33)12-6-25/h5-16,30H,2-4,17-23H2,1H3,(H,36,37). The molecule has 226 valence electrons. The van der Waals surface area contributed by atoms with Crippen LogP contribution in [0.25, 0.3) is 0 Å². The van der Waals surface area contributed by atoms with Crippen molar-refractivity contribution in [3.05, 3.63) is 101 Å². The van der Waals surface area contributed by atoms with E-state index in [1.807, 2.05) is 0 Å². The van der Waals surface area contributed by atoms with Crippen LogP contribution in [0.4, 0.5) is 13.6 Å². The van der Waals surface area contributed by atoms with E-state index in [0.717, 1.165) is 11.1 Å². The molecule has 0 aliphatic rings. The molecule has 0 aliphatic carbocycles. The molecule has 0 heterocycles. The van der Waals surface area contributed by atoms with E-state index in [1.54, 1.807) is 60.4 Å². The number of amides is 1. The average molecular weight is 586 g/mol. The lowest BCUT2D eigenvalue weighted by Crippen LogP contribution is -2.36. The largest absolute Gasteiger partial charge is 0.492 e. The van der Waals surface area contributed by atoms with Crippen LogP contribution in [0.2, 0.25) is 0 Å². The summed E-state index contributed by atoms with van der Waals surface area (Å²) < 4.78 is 48.5. The van der Waals surface area contributed by atoms with E-state index in [1.165, 1.54) is 24.3 Å². The number of carbonyl (C=O) groups is 2. The van der Waals surface area contributed by atoms with E-state index in [4.69, 9.17) is 18.9 Å². The fraction of sp³-hybridized carbons (Fsp3) is 0.375. The number of benzene rings is 3. The molecule has 0 aromatic heterocycles. The fourth-order valence-corrected chi connectivity index (χ4v) is 4.02. The third kappa shape index (κ3) is 11.8. The summed E-state index contributed by atoms with van der Waals surface area (Å²) >= 11 is 0. The molecule has 0 spiro atoms. The van der Waals surface area contributed by atoms with E-state index >= 15 is 0 Å². The van der Waals surface area contributed by atoms with Crippen molar-refractivity contribution in [2.24, 2.45) is 0 Å². The molecule has 3 aromatic rings.